The summed E-state index contributed by atoms with van der Waals surface area (Å²) in [6.07, 6.45) is 3.69. The highest BCUT2D eigenvalue weighted by molar-refractivity contribution is 6.33. The molecule has 2 aromatic rings. The Morgan fingerprint density at radius 2 is 2.05 bits per heavy atom. The summed E-state index contributed by atoms with van der Waals surface area (Å²) in [6, 6.07) is 7.66. The molecule has 4 heteroatoms. The van der Waals surface area contributed by atoms with Crippen LogP contribution in [0.15, 0.2) is 36.7 Å². The molecule has 2 rings (SSSR count). The van der Waals surface area contributed by atoms with Gasteiger partial charge in [-0.2, -0.15) is 0 Å². The number of halogens is 2. The lowest BCUT2D eigenvalue weighted by Crippen LogP contribution is -2.19. The van der Waals surface area contributed by atoms with Gasteiger partial charge in [-0.15, -0.1) is 0 Å². The van der Waals surface area contributed by atoms with E-state index in [1.165, 1.54) is 11.1 Å². The highest BCUT2D eigenvalue weighted by atomic mass is 35.5. The molecule has 0 aliphatic rings. The Hall–Kier alpha value is -1.09. The van der Waals surface area contributed by atoms with Crippen molar-refractivity contribution in [3.63, 3.8) is 0 Å². The predicted molar refractivity (Wildman–Crippen MR) is 80.7 cm³/mol. The number of nitrogens with zero attached hydrogens (tertiary/aromatic N) is 1. The van der Waals surface area contributed by atoms with Crippen molar-refractivity contribution >= 4 is 23.2 Å². The SMILES string of the molecule is Cc1ccncc1CNC(C)c1cc(Cl)ccc1Cl. The number of aryl methyl sites for hydroxylation is 1. The van der Waals surface area contributed by atoms with Gasteiger partial charge in [-0.05, 0) is 54.8 Å². The van der Waals surface area contributed by atoms with E-state index in [0.29, 0.717) is 5.02 Å². The first-order valence-corrected chi connectivity index (χ1v) is 6.91. The van der Waals surface area contributed by atoms with Crippen LogP contribution >= 0.6 is 23.2 Å². The van der Waals surface area contributed by atoms with Gasteiger partial charge in [0.15, 0.2) is 0 Å². The molecule has 0 bridgehead atoms. The van der Waals surface area contributed by atoms with Crippen LogP contribution in [0.3, 0.4) is 0 Å². The first-order chi connectivity index (χ1) is 9.08. The standard InChI is InChI=1S/C15H16Cl2N2/c1-10-5-6-18-8-12(10)9-19-11(2)14-7-13(16)3-4-15(14)17/h3-8,11,19H,9H2,1-2H3. The lowest BCUT2D eigenvalue weighted by Gasteiger charge is -2.16. The third kappa shape index (κ3) is 3.69. The topological polar surface area (TPSA) is 24.9 Å². The van der Waals surface area contributed by atoms with Crippen molar-refractivity contribution in [1.29, 1.82) is 0 Å². The molecule has 19 heavy (non-hydrogen) atoms. The molecule has 0 spiro atoms. The van der Waals surface area contributed by atoms with Gasteiger partial charge in [0.1, 0.15) is 0 Å². The fourth-order valence-corrected chi connectivity index (χ4v) is 2.36. The highest BCUT2D eigenvalue weighted by Gasteiger charge is 2.10. The second kappa shape index (κ2) is 6.38. The van der Waals surface area contributed by atoms with Crippen LogP contribution in [0.25, 0.3) is 0 Å². The van der Waals surface area contributed by atoms with E-state index in [4.69, 9.17) is 23.2 Å². The van der Waals surface area contributed by atoms with Crippen LogP contribution in [0.1, 0.15) is 29.7 Å². The molecule has 1 aromatic carbocycles. The molecule has 0 amide bonds. The van der Waals surface area contributed by atoms with E-state index in [1.807, 2.05) is 24.4 Å². The lowest BCUT2D eigenvalue weighted by molar-refractivity contribution is 0.572. The second-order valence-corrected chi connectivity index (χ2v) is 5.41. The number of benzene rings is 1. The minimum atomic E-state index is 0.130. The highest BCUT2D eigenvalue weighted by Crippen LogP contribution is 2.26. The zero-order valence-electron chi connectivity index (χ0n) is 11.0. The van der Waals surface area contributed by atoms with Gasteiger partial charge in [-0.3, -0.25) is 4.98 Å². The first-order valence-electron chi connectivity index (χ1n) is 6.15. The van der Waals surface area contributed by atoms with Crippen molar-refractivity contribution in [2.24, 2.45) is 0 Å². The molecular formula is C15H16Cl2N2. The minimum absolute atomic E-state index is 0.130. The third-order valence-corrected chi connectivity index (χ3v) is 3.75. The van der Waals surface area contributed by atoms with Gasteiger partial charge in [0.2, 0.25) is 0 Å². The average Bonchev–Trinajstić information content (AvgIpc) is 2.40. The summed E-state index contributed by atoms with van der Waals surface area (Å²) in [6.45, 7) is 4.91. The number of rotatable bonds is 4. The molecule has 2 nitrogen and oxygen atoms in total. The van der Waals surface area contributed by atoms with Crippen LogP contribution in [-0.4, -0.2) is 4.98 Å². The maximum absolute atomic E-state index is 6.19. The molecule has 0 fully saturated rings. The maximum atomic E-state index is 6.19. The van der Waals surface area contributed by atoms with Gasteiger partial charge in [-0.1, -0.05) is 23.2 Å². The van der Waals surface area contributed by atoms with Crippen molar-refractivity contribution in [2.45, 2.75) is 26.4 Å². The molecule has 1 N–H and O–H groups in total. The van der Waals surface area contributed by atoms with E-state index in [2.05, 4.69) is 24.1 Å². The van der Waals surface area contributed by atoms with Crippen LogP contribution in [0.2, 0.25) is 10.0 Å². The maximum Gasteiger partial charge on any atom is 0.0454 e. The Labute approximate surface area is 123 Å². The Kier molecular flexibility index (Phi) is 4.81. The molecule has 1 atom stereocenters. The molecule has 0 saturated heterocycles. The fraction of sp³-hybridized carbons (Fsp3) is 0.267. The zero-order chi connectivity index (χ0) is 13.8. The Morgan fingerprint density at radius 3 is 2.79 bits per heavy atom. The van der Waals surface area contributed by atoms with Gasteiger partial charge in [0, 0.05) is 35.0 Å². The smallest absolute Gasteiger partial charge is 0.0454 e. The summed E-state index contributed by atoms with van der Waals surface area (Å²) in [7, 11) is 0. The predicted octanol–water partition coefficient (Wildman–Crippen LogP) is 4.55. The van der Waals surface area contributed by atoms with E-state index in [0.717, 1.165) is 17.1 Å². The van der Waals surface area contributed by atoms with Gasteiger partial charge in [0.05, 0.1) is 0 Å². The molecule has 0 saturated carbocycles. The first kappa shape index (κ1) is 14.3. The molecule has 0 aliphatic heterocycles. The van der Waals surface area contributed by atoms with Gasteiger partial charge < -0.3 is 5.32 Å². The monoisotopic (exact) mass is 294 g/mol. The lowest BCUT2D eigenvalue weighted by atomic mass is 10.1. The van der Waals surface area contributed by atoms with Crippen molar-refractivity contribution in [3.8, 4) is 0 Å². The summed E-state index contributed by atoms with van der Waals surface area (Å²) in [5, 5.41) is 4.87. The van der Waals surface area contributed by atoms with Crippen molar-refractivity contribution in [3.05, 3.63) is 63.4 Å². The number of aromatic nitrogens is 1. The van der Waals surface area contributed by atoms with E-state index in [9.17, 15) is 0 Å². The normalized spacial score (nSPS) is 12.4. The van der Waals surface area contributed by atoms with Gasteiger partial charge in [0.25, 0.3) is 0 Å². The Balaban J connectivity index is 2.07. The average molecular weight is 295 g/mol. The summed E-state index contributed by atoms with van der Waals surface area (Å²) in [5.74, 6) is 0. The number of hydrogen-bond donors (Lipinski definition) is 1. The van der Waals surface area contributed by atoms with Crippen LogP contribution in [0, 0.1) is 6.92 Å². The fourth-order valence-electron chi connectivity index (χ4n) is 1.90. The second-order valence-electron chi connectivity index (χ2n) is 4.57. The quantitative estimate of drug-likeness (QED) is 0.895. The van der Waals surface area contributed by atoms with Crippen molar-refractivity contribution in [1.82, 2.24) is 10.3 Å². The summed E-state index contributed by atoms with van der Waals surface area (Å²) in [4.78, 5) is 4.14. The number of hydrogen-bond acceptors (Lipinski definition) is 2. The van der Waals surface area contributed by atoms with Gasteiger partial charge in [-0.25, -0.2) is 0 Å². The van der Waals surface area contributed by atoms with Crippen LogP contribution < -0.4 is 5.32 Å². The van der Waals surface area contributed by atoms with E-state index in [1.54, 1.807) is 12.3 Å². The van der Waals surface area contributed by atoms with E-state index < -0.39 is 0 Å². The van der Waals surface area contributed by atoms with Gasteiger partial charge >= 0.3 is 0 Å². The molecule has 0 radical (unpaired) electrons. The summed E-state index contributed by atoms with van der Waals surface area (Å²) < 4.78 is 0. The molecule has 100 valence electrons. The molecule has 1 heterocycles. The van der Waals surface area contributed by atoms with E-state index in [-0.39, 0.29) is 6.04 Å². The number of nitrogens with one attached hydrogen (secondary N) is 1. The summed E-state index contributed by atoms with van der Waals surface area (Å²) >= 11 is 12.2. The summed E-state index contributed by atoms with van der Waals surface area (Å²) in [5.41, 5.74) is 3.43. The van der Waals surface area contributed by atoms with Crippen LogP contribution in [0.5, 0.6) is 0 Å². The van der Waals surface area contributed by atoms with Crippen molar-refractivity contribution in [2.75, 3.05) is 0 Å². The third-order valence-electron chi connectivity index (χ3n) is 3.17. The van der Waals surface area contributed by atoms with Crippen LogP contribution in [0.4, 0.5) is 0 Å². The molecule has 0 aliphatic carbocycles. The Bertz CT molecular complexity index is 570. The molecule has 1 aromatic heterocycles. The number of pyridine rings is 1. The van der Waals surface area contributed by atoms with E-state index >= 15 is 0 Å². The van der Waals surface area contributed by atoms with Crippen LogP contribution in [-0.2, 0) is 6.54 Å². The molecule has 1 unspecified atom stereocenters. The minimum Gasteiger partial charge on any atom is -0.306 e. The Morgan fingerprint density at radius 1 is 1.26 bits per heavy atom. The molecular weight excluding hydrogens is 279 g/mol. The van der Waals surface area contributed by atoms with Crippen molar-refractivity contribution < 1.29 is 0 Å². The largest absolute Gasteiger partial charge is 0.306 e. The zero-order valence-corrected chi connectivity index (χ0v) is 12.5.